The van der Waals surface area contributed by atoms with Crippen molar-refractivity contribution in [2.24, 2.45) is 0 Å². The number of fused-ring (bicyclic) bond motifs is 3. The Bertz CT molecular complexity index is 1080. The highest BCUT2D eigenvalue weighted by Gasteiger charge is 2.31. The van der Waals surface area contributed by atoms with E-state index in [4.69, 9.17) is 11.6 Å². The fourth-order valence-corrected chi connectivity index (χ4v) is 2.77. The molecule has 0 amide bonds. The first-order valence-corrected chi connectivity index (χ1v) is 7.45. The van der Waals surface area contributed by atoms with Crippen molar-refractivity contribution in [2.45, 2.75) is 6.36 Å². The van der Waals surface area contributed by atoms with Crippen LogP contribution in [0.1, 0.15) is 0 Å². The van der Waals surface area contributed by atoms with E-state index < -0.39 is 6.36 Å². The third-order valence-electron chi connectivity index (χ3n) is 3.63. The lowest BCUT2D eigenvalue weighted by molar-refractivity contribution is -0.274. The minimum atomic E-state index is -4.73. The highest BCUT2D eigenvalue weighted by molar-refractivity contribution is 6.31. The standard InChI is InChI=1S/C16H8ClF3N4O/c17-11-4-1-10-7-13(15-21-22-23-24(15)14(10)8-11)9-2-5-12(6-3-9)25-16(18,19)20/h1-8H. The first-order valence-electron chi connectivity index (χ1n) is 7.07. The van der Waals surface area contributed by atoms with Gasteiger partial charge >= 0.3 is 6.36 Å². The van der Waals surface area contributed by atoms with Gasteiger partial charge in [-0.1, -0.05) is 29.8 Å². The molecule has 0 spiro atoms. The van der Waals surface area contributed by atoms with Crippen LogP contribution in [0, 0.1) is 0 Å². The summed E-state index contributed by atoms with van der Waals surface area (Å²) in [5.74, 6) is -0.292. The van der Waals surface area contributed by atoms with Crippen LogP contribution in [0.25, 0.3) is 27.7 Å². The Morgan fingerprint density at radius 2 is 1.76 bits per heavy atom. The molecular formula is C16H8ClF3N4O. The average Bonchev–Trinajstić information content (AvgIpc) is 3.03. The highest BCUT2D eigenvalue weighted by atomic mass is 35.5. The van der Waals surface area contributed by atoms with Crippen LogP contribution >= 0.6 is 11.6 Å². The summed E-state index contributed by atoms with van der Waals surface area (Å²) in [6.07, 6.45) is -4.73. The Labute approximate surface area is 143 Å². The van der Waals surface area contributed by atoms with Gasteiger partial charge in [0, 0.05) is 16.0 Å². The van der Waals surface area contributed by atoms with E-state index >= 15 is 0 Å². The quantitative estimate of drug-likeness (QED) is 0.525. The number of rotatable bonds is 2. The van der Waals surface area contributed by atoms with E-state index in [9.17, 15) is 13.2 Å². The van der Waals surface area contributed by atoms with E-state index in [-0.39, 0.29) is 5.75 Å². The zero-order valence-electron chi connectivity index (χ0n) is 12.3. The summed E-state index contributed by atoms with van der Waals surface area (Å²) in [6.45, 7) is 0. The van der Waals surface area contributed by atoms with Gasteiger partial charge in [-0.3, -0.25) is 0 Å². The molecule has 0 atom stereocenters. The van der Waals surface area contributed by atoms with Crippen LogP contribution in [0.3, 0.4) is 0 Å². The summed E-state index contributed by atoms with van der Waals surface area (Å²) in [4.78, 5) is 0. The molecule has 2 heterocycles. The molecule has 0 unspecified atom stereocenters. The molecular weight excluding hydrogens is 357 g/mol. The van der Waals surface area contributed by atoms with Gasteiger partial charge in [0.2, 0.25) is 0 Å². The Kier molecular flexibility index (Phi) is 3.50. The molecule has 0 bridgehead atoms. The third kappa shape index (κ3) is 2.96. The van der Waals surface area contributed by atoms with Gasteiger partial charge in [-0.2, -0.15) is 4.52 Å². The molecule has 0 saturated carbocycles. The van der Waals surface area contributed by atoms with Gasteiger partial charge in [-0.25, -0.2) is 0 Å². The molecule has 25 heavy (non-hydrogen) atoms. The second kappa shape index (κ2) is 5.59. The number of ether oxygens (including phenoxy) is 1. The number of tetrazole rings is 1. The van der Waals surface area contributed by atoms with Crippen LogP contribution in [0.5, 0.6) is 5.75 Å². The van der Waals surface area contributed by atoms with Gasteiger partial charge in [-0.15, -0.1) is 18.3 Å². The van der Waals surface area contributed by atoms with Gasteiger partial charge in [0.25, 0.3) is 0 Å². The predicted octanol–water partition coefficient (Wildman–Crippen LogP) is 4.50. The molecule has 0 aliphatic rings. The zero-order chi connectivity index (χ0) is 17.6. The van der Waals surface area contributed by atoms with Crippen molar-refractivity contribution in [3.8, 4) is 16.9 Å². The van der Waals surface area contributed by atoms with Crippen LogP contribution in [0.4, 0.5) is 13.2 Å². The van der Waals surface area contributed by atoms with Crippen LogP contribution in [-0.4, -0.2) is 26.4 Å². The fraction of sp³-hybridized carbons (Fsp3) is 0.0625. The smallest absolute Gasteiger partial charge is 0.406 e. The summed E-state index contributed by atoms with van der Waals surface area (Å²) in [5.41, 5.74) is 2.54. The highest BCUT2D eigenvalue weighted by Crippen LogP contribution is 2.31. The Morgan fingerprint density at radius 3 is 2.48 bits per heavy atom. The lowest BCUT2D eigenvalue weighted by Gasteiger charge is -2.10. The molecule has 0 radical (unpaired) electrons. The Hall–Kier alpha value is -2.87. The number of benzene rings is 2. The number of hydrogen-bond acceptors (Lipinski definition) is 4. The van der Waals surface area contributed by atoms with Crippen LogP contribution < -0.4 is 4.74 Å². The summed E-state index contributed by atoms with van der Waals surface area (Å²) in [6, 6.07) is 12.7. The van der Waals surface area contributed by atoms with Crippen LogP contribution in [0.15, 0.2) is 48.5 Å². The largest absolute Gasteiger partial charge is 0.573 e. The molecule has 126 valence electrons. The minimum Gasteiger partial charge on any atom is -0.406 e. The molecule has 5 nitrogen and oxygen atoms in total. The zero-order valence-corrected chi connectivity index (χ0v) is 13.1. The van der Waals surface area contributed by atoms with Gasteiger partial charge in [-0.05, 0) is 46.3 Å². The third-order valence-corrected chi connectivity index (χ3v) is 3.86. The van der Waals surface area contributed by atoms with E-state index in [0.29, 0.717) is 21.8 Å². The van der Waals surface area contributed by atoms with Crippen LogP contribution in [0.2, 0.25) is 5.02 Å². The Balaban J connectivity index is 1.85. The van der Waals surface area contributed by atoms with E-state index in [1.807, 2.05) is 12.1 Å². The van der Waals surface area contributed by atoms with Crippen molar-refractivity contribution >= 4 is 28.2 Å². The summed E-state index contributed by atoms with van der Waals surface area (Å²) in [7, 11) is 0. The topological polar surface area (TPSA) is 52.3 Å². The lowest BCUT2D eigenvalue weighted by atomic mass is 10.0. The van der Waals surface area contributed by atoms with Gasteiger partial charge in [0.15, 0.2) is 5.65 Å². The van der Waals surface area contributed by atoms with Crippen molar-refractivity contribution in [1.29, 1.82) is 0 Å². The molecule has 0 aliphatic carbocycles. The number of alkyl halides is 3. The van der Waals surface area contributed by atoms with Crippen LogP contribution in [-0.2, 0) is 0 Å². The first-order chi connectivity index (χ1) is 11.9. The molecule has 4 aromatic rings. The number of halogens is 4. The van der Waals surface area contributed by atoms with Crippen molar-refractivity contribution in [1.82, 2.24) is 20.0 Å². The molecule has 9 heteroatoms. The van der Waals surface area contributed by atoms with Crippen molar-refractivity contribution in [3.63, 3.8) is 0 Å². The fourth-order valence-electron chi connectivity index (χ4n) is 2.61. The van der Waals surface area contributed by atoms with E-state index in [2.05, 4.69) is 20.3 Å². The average molecular weight is 365 g/mol. The van der Waals surface area contributed by atoms with E-state index in [0.717, 1.165) is 10.9 Å². The van der Waals surface area contributed by atoms with Gasteiger partial charge < -0.3 is 4.74 Å². The minimum absolute atomic E-state index is 0.292. The van der Waals surface area contributed by atoms with E-state index in [1.165, 1.54) is 28.8 Å². The van der Waals surface area contributed by atoms with Crippen molar-refractivity contribution in [3.05, 3.63) is 53.6 Å². The summed E-state index contributed by atoms with van der Waals surface area (Å²) in [5, 5.41) is 13.0. The molecule has 4 rings (SSSR count). The SMILES string of the molecule is FC(F)(F)Oc1ccc(-c2cc3ccc(Cl)cc3n3nnnc23)cc1. The van der Waals surface area contributed by atoms with E-state index in [1.54, 1.807) is 12.1 Å². The number of pyridine rings is 1. The number of nitrogens with zero attached hydrogens (tertiary/aromatic N) is 4. The van der Waals surface area contributed by atoms with Crippen molar-refractivity contribution < 1.29 is 17.9 Å². The molecule has 2 aromatic carbocycles. The summed E-state index contributed by atoms with van der Waals surface area (Å²) < 4.78 is 42.3. The Morgan fingerprint density at radius 1 is 1.00 bits per heavy atom. The maximum atomic E-state index is 12.3. The maximum Gasteiger partial charge on any atom is 0.573 e. The molecule has 0 fully saturated rings. The molecule has 0 saturated heterocycles. The molecule has 0 N–H and O–H groups in total. The van der Waals surface area contributed by atoms with Gasteiger partial charge in [0.05, 0.1) is 5.52 Å². The maximum absolute atomic E-state index is 12.3. The number of hydrogen-bond donors (Lipinski definition) is 0. The second-order valence-corrected chi connectivity index (χ2v) is 5.68. The molecule has 2 aromatic heterocycles. The lowest BCUT2D eigenvalue weighted by Crippen LogP contribution is -2.16. The predicted molar refractivity (Wildman–Crippen MR) is 85.4 cm³/mol. The normalized spacial score (nSPS) is 12.0. The second-order valence-electron chi connectivity index (χ2n) is 5.25. The monoisotopic (exact) mass is 364 g/mol. The van der Waals surface area contributed by atoms with Crippen molar-refractivity contribution in [2.75, 3.05) is 0 Å². The summed E-state index contributed by atoms with van der Waals surface area (Å²) >= 11 is 6.03. The first kappa shape index (κ1) is 15.6. The van der Waals surface area contributed by atoms with Gasteiger partial charge in [0.1, 0.15) is 5.75 Å². The number of aromatic nitrogens is 4. The molecule has 0 aliphatic heterocycles.